The number of carbonyl (C=O) groups is 2. The molecule has 0 aliphatic rings. The van der Waals surface area contributed by atoms with Crippen molar-refractivity contribution >= 4 is 11.9 Å². The molecule has 0 aliphatic carbocycles. The van der Waals surface area contributed by atoms with E-state index in [0.717, 1.165) is 12.8 Å². The summed E-state index contributed by atoms with van der Waals surface area (Å²) in [6.45, 7) is 4.29. The topological polar surface area (TPSA) is 69.6 Å². The number of hydrogen-bond donors (Lipinski definition) is 2. The molecule has 0 spiro atoms. The van der Waals surface area contributed by atoms with Crippen LogP contribution in [0.5, 0.6) is 0 Å². The van der Waals surface area contributed by atoms with Crippen molar-refractivity contribution in [2.45, 2.75) is 39.2 Å². The molecule has 100 valence electrons. The Kier molecular flexibility index (Phi) is 7.54. The fraction of sp³-hybridized carbons (Fsp3) is 0.833. The van der Waals surface area contributed by atoms with E-state index in [4.69, 9.17) is 5.11 Å². The average molecular weight is 244 g/mol. The number of nitrogens with zero attached hydrogens (tertiary/aromatic N) is 1. The fourth-order valence-electron chi connectivity index (χ4n) is 1.82. The van der Waals surface area contributed by atoms with Gasteiger partial charge in [0.25, 0.3) is 0 Å². The molecule has 0 fully saturated rings. The van der Waals surface area contributed by atoms with Crippen molar-refractivity contribution in [1.29, 1.82) is 0 Å². The molecular weight excluding hydrogens is 220 g/mol. The number of likely N-dealkylation sites (N-methyl/N-ethyl adjacent to an activating group) is 1. The van der Waals surface area contributed by atoms with E-state index < -0.39 is 12.0 Å². The molecule has 2 unspecified atom stereocenters. The second kappa shape index (κ2) is 8.06. The summed E-state index contributed by atoms with van der Waals surface area (Å²) < 4.78 is 0. The molecule has 0 aromatic carbocycles. The highest BCUT2D eigenvalue weighted by Crippen LogP contribution is 2.10. The van der Waals surface area contributed by atoms with Crippen molar-refractivity contribution in [3.63, 3.8) is 0 Å². The van der Waals surface area contributed by atoms with Gasteiger partial charge in [0.05, 0.1) is 0 Å². The van der Waals surface area contributed by atoms with Gasteiger partial charge >= 0.3 is 5.97 Å². The maximum Gasteiger partial charge on any atom is 0.320 e. The van der Waals surface area contributed by atoms with Crippen LogP contribution < -0.4 is 5.32 Å². The van der Waals surface area contributed by atoms with Gasteiger partial charge in [0, 0.05) is 19.5 Å². The molecule has 0 aromatic rings. The van der Waals surface area contributed by atoms with E-state index in [1.165, 1.54) is 0 Å². The monoisotopic (exact) mass is 244 g/mol. The molecule has 2 N–H and O–H groups in total. The van der Waals surface area contributed by atoms with E-state index in [2.05, 4.69) is 5.32 Å². The second-order valence-corrected chi connectivity index (χ2v) is 4.45. The van der Waals surface area contributed by atoms with Crippen LogP contribution in [0, 0.1) is 5.92 Å². The van der Waals surface area contributed by atoms with Crippen molar-refractivity contribution in [3.8, 4) is 0 Å². The summed E-state index contributed by atoms with van der Waals surface area (Å²) in [5, 5.41) is 11.7. The minimum absolute atomic E-state index is 0.0588. The molecular formula is C12H24N2O3. The molecule has 0 saturated heterocycles. The SMILES string of the molecule is CCCCC(C(=O)O)N(C)CC(C)C(=O)NC. The number of amides is 1. The van der Waals surface area contributed by atoms with Crippen LogP contribution in [0.15, 0.2) is 0 Å². The van der Waals surface area contributed by atoms with Crippen LogP contribution in [-0.2, 0) is 9.59 Å². The van der Waals surface area contributed by atoms with Crippen LogP contribution in [0.3, 0.4) is 0 Å². The minimum Gasteiger partial charge on any atom is -0.480 e. The third-order valence-electron chi connectivity index (χ3n) is 2.90. The number of unbranched alkanes of at least 4 members (excludes halogenated alkanes) is 1. The normalized spacial score (nSPS) is 14.4. The van der Waals surface area contributed by atoms with Gasteiger partial charge in [0.1, 0.15) is 6.04 Å². The number of carboxylic acids is 1. The van der Waals surface area contributed by atoms with Crippen LogP contribution in [-0.4, -0.2) is 48.6 Å². The van der Waals surface area contributed by atoms with E-state index in [-0.39, 0.29) is 11.8 Å². The van der Waals surface area contributed by atoms with Gasteiger partial charge in [-0.25, -0.2) is 0 Å². The highest BCUT2D eigenvalue weighted by atomic mass is 16.4. The lowest BCUT2D eigenvalue weighted by molar-refractivity contribution is -0.144. The minimum atomic E-state index is -0.815. The molecule has 5 nitrogen and oxygen atoms in total. The molecule has 0 radical (unpaired) electrons. The summed E-state index contributed by atoms with van der Waals surface area (Å²) in [5.74, 6) is -1.07. The van der Waals surface area contributed by atoms with Crippen LogP contribution in [0.2, 0.25) is 0 Å². The number of aliphatic carboxylic acids is 1. The summed E-state index contributed by atoms with van der Waals surface area (Å²) in [6.07, 6.45) is 2.49. The highest BCUT2D eigenvalue weighted by Gasteiger charge is 2.24. The second-order valence-electron chi connectivity index (χ2n) is 4.45. The Labute approximate surface area is 103 Å². The summed E-state index contributed by atoms with van der Waals surface area (Å²) in [4.78, 5) is 24.2. The average Bonchev–Trinajstić information content (AvgIpc) is 2.27. The predicted octanol–water partition coefficient (Wildman–Crippen LogP) is 0.944. The standard InChI is InChI=1S/C12H24N2O3/c1-5-6-7-10(12(16)17)14(4)8-9(2)11(15)13-3/h9-10H,5-8H2,1-4H3,(H,13,15)(H,16,17). The smallest absolute Gasteiger partial charge is 0.320 e. The van der Waals surface area contributed by atoms with E-state index in [9.17, 15) is 9.59 Å². The lowest BCUT2D eigenvalue weighted by atomic mass is 10.1. The number of nitrogens with one attached hydrogen (secondary N) is 1. The molecule has 17 heavy (non-hydrogen) atoms. The maximum absolute atomic E-state index is 11.4. The molecule has 0 aliphatic heterocycles. The molecule has 0 rings (SSSR count). The van der Waals surface area contributed by atoms with E-state index in [1.54, 1.807) is 25.9 Å². The molecule has 0 bridgehead atoms. The summed E-state index contributed by atoms with van der Waals surface area (Å²) in [6, 6.07) is -0.498. The van der Waals surface area contributed by atoms with Crippen LogP contribution >= 0.6 is 0 Å². The van der Waals surface area contributed by atoms with Crippen molar-refractivity contribution in [1.82, 2.24) is 10.2 Å². The zero-order chi connectivity index (χ0) is 13.4. The number of rotatable bonds is 8. The van der Waals surface area contributed by atoms with Gasteiger partial charge in [-0.3, -0.25) is 14.5 Å². The zero-order valence-electron chi connectivity index (χ0n) is 11.2. The summed E-state index contributed by atoms with van der Waals surface area (Å²) in [5.41, 5.74) is 0. The van der Waals surface area contributed by atoms with Gasteiger partial charge < -0.3 is 10.4 Å². The summed E-state index contributed by atoms with van der Waals surface area (Å²) >= 11 is 0. The van der Waals surface area contributed by atoms with Gasteiger partial charge in [-0.1, -0.05) is 26.7 Å². The molecule has 0 heterocycles. The van der Waals surface area contributed by atoms with Gasteiger partial charge in [-0.05, 0) is 13.5 Å². The molecule has 1 amide bonds. The largest absolute Gasteiger partial charge is 0.480 e. The molecule has 0 saturated carbocycles. The van der Waals surface area contributed by atoms with Crippen LogP contribution in [0.4, 0.5) is 0 Å². The lowest BCUT2D eigenvalue weighted by Crippen LogP contribution is -2.43. The lowest BCUT2D eigenvalue weighted by Gasteiger charge is -2.26. The van der Waals surface area contributed by atoms with E-state index >= 15 is 0 Å². The first kappa shape index (κ1) is 15.9. The molecule has 0 aromatic heterocycles. The van der Waals surface area contributed by atoms with Crippen molar-refractivity contribution in [3.05, 3.63) is 0 Å². The summed E-state index contributed by atoms with van der Waals surface area (Å²) in [7, 11) is 3.35. The van der Waals surface area contributed by atoms with Crippen molar-refractivity contribution < 1.29 is 14.7 Å². The van der Waals surface area contributed by atoms with Gasteiger partial charge in [0.15, 0.2) is 0 Å². The quantitative estimate of drug-likeness (QED) is 0.667. The van der Waals surface area contributed by atoms with Crippen molar-refractivity contribution in [2.75, 3.05) is 20.6 Å². The Morgan fingerprint density at radius 2 is 2.00 bits per heavy atom. The zero-order valence-corrected chi connectivity index (χ0v) is 11.2. The maximum atomic E-state index is 11.4. The number of hydrogen-bond acceptors (Lipinski definition) is 3. The van der Waals surface area contributed by atoms with Crippen LogP contribution in [0.1, 0.15) is 33.1 Å². The first-order valence-corrected chi connectivity index (χ1v) is 6.08. The van der Waals surface area contributed by atoms with Gasteiger partial charge in [-0.2, -0.15) is 0 Å². The number of carboxylic acid groups (broad SMARTS) is 1. The molecule has 2 atom stereocenters. The molecule has 5 heteroatoms. The number of carbonyl (C=O) groups excluding carboxylic acids is 1. The third-order valence-corrected chi connectivity index (χ3v) is 2.90. The van der Waals surface area contributed by atoms with Gasteiger partial charge in [-0.15, -0.1) is 0 Å². The first-order valence-electron chi connectivity index (χ1n) is 6.08. The van der Waals surface area contributed by atoms with Crippen LogP contribution in [0.25, 0.3) is 0 Å². The van der Waals surface area contributed by atoms with Crippen molar-refractivity contribution in [2.24, 2.45) is 5.92 Å². The van der Waals surface area contributed by atoms with Gasteiger partial charge in [0.2, 0.25) is 5.91 Å². The Morgan fingerprint density at radius 1 is 1.41 bits per heavy atom. The highest BCUT2D eigenvalue weighted by molar-refractivity contribution is 5.78. The Morgan fingerprint density at radius 3 is 2.41 bits per heavy atom. The predicted molar refractivity (Wildman–Crippen MR) is 66.8 cm³/mol. The Hall–Kier alpha value is -1.10. The van der Waals surface area contributed by atoms with E-state index in [0.29, 0.717) is 13.0 Å². The first-order chi connectivity index (χ1) is 7.93. The fourth-order valence-corrected chi connectivity index (χ4v) is 1.82. The van der Waals surface area contributed by atoms with E-state index in [1.807, 2.05) is 6.92 Å². The third kappa shape index (κ3) is 5.68. The Bertz CT molecular complexity index is 256. The Balaban J connectivity index is 4.36.